The molecule has 1 aromatic rings. The molecule has 1 saturated heterocycles. The van der Waals surface area contributed by atoms with Gasteiger partial charge in [-0.15, -0.1) is 0 Å². The van der Waals surface area contributed by atoms with Crippen LogP contribution in [0.2, 0.25) is 0 Å². The van der Waals surface area contributed by atoms with Crippen molar-refractivity contribution in [3.63, 3.8) is 0 Å². The third-order valence-corrected chi connectivity index (χ3v) is 5.16. The van der Waals surface area contributed by atoms with Crippen molar-refractivity contribution in [2.75, 3.05) is 13.2 Å². The van der Waals surface area contributed by atoms with Crippen molar-refractivity contribution in [2.45, 2.75) is 50.6 Å². The van der Waals surface area contributed by atoms with Crippen molar-refractivity contribution >= 4 is 6.03 Å². The van der Waals surface area contributed by atoms with Gasteiger partial charge in [0.1, 0.15) is 0 Å². The molecule has 120 valence electrons. The average molecular weight is 302 g/mol. The van der Waals surface area contributed by atoms with Gasteiger partial charge in [0.2, 0.25) is 0 Å². The van der Waals surface area contributed by atoms with Crippen molar-refractivity contribution in [1.29, 1.82) is 0 Å². The predicted octanol–water partition coefficient (Wildman–Crippen LogP) is 2.56. The molecular weight excluding hydrogens is 276 g/mol. The van der Waals surface area contributed by atoms with E-state index in [1.807, 2.05) is 11.0 Å². The van der Waals surface area contributed by atoms with Crippen LogP contribution in [-0.4, -0.2) is 41.3 Å². The first-order chi connectivity index (χ1) is 10.8. The molecule has 22 heavy (non-hydrogen) atoms. The summed E-state index contributed by atoms with van der Waals surface area (Å²) in [5.74, 6) is 0.529. The number of nitrogens with zero attached hydrogens (tertiary/aromatic N) is 1. The van der Waals surface area contributed by atoms with Crippen LogP contribution in [0, 0.1) is 5.92 Å². The highest BCUT2D eigenvalue weighted by Crippen LogP contribution is 2.29. The summed E-state index contributed by atoms with van der Waals surface area (Å²) in [6.45, 7) is 0.846. The van der Waals surface area contributed by atoms with Crippen LogP contribution in [-0.2, 0) is 6.42 Å². The second-order valence-electron chi connectivity index (χ2n) is 6.61. The van der Waals surface area contributed by atoms with Crippen LogP contribution in [0.4, 0.5) is 4.79 Å². The van der Waals surface area contributed by atoms with Gasteiger partial charge in [-0.3, -0.25) is 0 Å². The summed E-state index contributed by atoms with van der Waals surface area (Å²) < 4.78 is 0. The molecule has 3 rings (SSSR count). The summed E-state index contributed by atoms with van der Waals surface area (Å²) in [5.41, 5.74) is 1.35. The zero-order valence-corrected chi connectivity index (χ0v) is 13.1. The lowest BCUT2D eigenvalue weighted by molar-refractivity contribution is 0.153. The Kier molecular flexibility index (Phi) is 4.98. The summed E-state index contributed by atoms with van der Waals surface area (Å²) in [6.07, 6.45) is 6.39. The van der Waals surface area contributed by atoms with Gasteiger partial charge in [-0.25, -0.2) is 4.79 Å². The second-order valence-corrected chi connectivity index (χ2v) is 6.61. The van der Waals surface area contributed by atoms with Gasteiger partial charge < -0.3 is 15.3 Å². The number of benzene rings is 1. The van der Waals surface area contributed by atoms with Gasteiger partial charge in [0.25, 0.3) is 0 Å². The van der Waals surface area contributed by atoms with Gasteiger partial charge in [0.05, 0.1) is 12.6 Å². The molecule has 0 aromatic heterocycles. The highest BCUT2D eigenvalue weighted by atomic mass is 16.3. The quantitative estimate of drug-likeness (QED) is 0.898. The van der Waals surface area contributed by atoms with Gasteiger partial charge in [-0.05, 0) is 43.6 Å². The lowest BCUT2D eigenvalue weighted by Crippen LogP contribution is -2.49. The number of carbonyl (C=O) groups excluding carboxylic acids is 1. The third-order valence-electron chi connectivity index (χ3n) is 5.16. The molecule has 1 heterocycles. The van der Waals surface area contributed by atoms with E-state index in [0.29, 0.717) is 5.92 Å². The molecule has 1 aliphatic heterocycles. The molecule has 1 saturated carbocycles. The number of carbonyl (C=O) groups is 1. The zero-order chi connectivity index (χ0) is 15.4. The largest absolute Gasteiger partial charge is 0.394 e. The van der Waals surface area contributed by atoms with Crippen molar-refractivity contribution < 1.29 is 9.90 Å². The molecule has 0 bridgehead atoms. The molecule has 2 unspecified atom stereocenters. The standard InChI is InChI=1S/C18H26N2O2/c21-13-16-9-5-11-20(16)18(22)19-17-10-4-8-15(17)12-14-6-2-1-3-7-14/h1-3,6-7,15-17,21H,4-5,8-13H2,(H,19,22)/t15?,16-,17?/m1/s1. The molecule has 1 aromatic carbocycles. The van der Waals surface area contributed by atoms with Gasteiger partial charge in [-0.2, -0.15) is 0 Å². The smallest absolute Gasteiger partial charge is 0.317 e. The van der Waals surface area contributed by atoms with Crippen molar-refractivity contribution in [3.05, 3.63) is 35.9 Å². The molecule has 4 nitrogen and oxygen atoms in total. The monoisotopic (exact) mass is 302 g/mol. The van der Waals surface area contributed by atoms with E-state index >= 15 is 0 Å². The number of aliphatic hydroxyl groups excluding tert-OH is 1. The summed E-state index contributed by atoms with van der Waals surface area (Å²) in [4.78, 5) is 14.3. The molecule has 0 radical (unpaired) electrons. The van der Waals surface area contributed by atoms with Crippen molar-refractivity contribution in [2.24, 2.45) is 5.92 Å². The van der Waals surface area contributed by atoms with Crippen molar-refractivity contribution in [1.82, 2.24) is 10.2 Å². The second kappa shape index (κ2) is 7.14. The van der Waals surface area contributed by atoms with E-state index < -0.39 is 0 Å². The maximum absolute atomic E-state index is 12.5. The maximum Gasteiger partial charge on any atom is 0.317 e. The van der Waals surface area contributed by atoms with Crippen LogP contribution in [0.25, 0.3) is 0 Å². The minimum absolute atomic E-state index is 0.00831. The maximum atomic E-state index is 12.5. The van der Waals surface area contributed by atoms with Gasteiger partial charge >= 0.3 is 6.03 Å². The molecule has 2 aliphatic rings. The van der Waals surface area contributed by atoms with Crippen LogP contribution in [0.15, 0.2) is 30.3 Å². The third kappa shape index (κ3) is 3.43. The van der Waals surface area contributed by atoms with Gasteiger partial charge in [0.15, 0.2) is 0 Å². The summed E-state index contributed by atoms with van der Waals surface area (Å²) in [5, 5.41) is 12.6. The van der Waals surface area contributed by atoms with Crippen molar-refractivity contribution in [3.8, 4) is 0 Å². The number of aliphatic hydroxyl groups is 1. The van der Waals surface area contributed by atoms with E-state index in [2.05, 4.69) is 29.6 Å². The first-order valence-corrected chi connectivity index (χ1v) is 8.50. The molecular formula is C18H26N2O2. The Bertz CT molecular complexity index is 491. The summed E-state index contributed by atoms with van der Waals surface area (Å²) in [7, 11) is 0. The SMILES string of the molecule is O=C(NC1CCCC1Cc1ccccc1)N1CCC[C@@H]1CO. The van der Waals surface area contributed by atoms with E-state index in [0.717, 1.165) is 32.2 Å². The highest BCUT2D eigenvalue weighted by Gasteiger charge is 2.33. The van der Waals surface area contributed by atoms with Gasteiger partial charge in [-0.1, -0.05) is 36.8 Å². The molecule has 2 amide bonds. The number of nitrogens with one attached hydrogen (secondary N) is 1. The van der Waals surface area contributed by atoms with E-state index in [4.69, 9.17) is 0 Å². The first kappa shape index (κ1) is 15.3. The fourth-order valence-corrected chi connectivity index (χ4v) is 3.92. The van der Waals surface area contributed by atoms with Crippen LogP contribution in [0.1, 0.15) is 37.7 Å². The summed E-state index contributed by atoms with van der Waals surface area (Å²) >= 11 is 0. The highest BCUT2D eigenvalue weighted by molar-refractivity contribution is 5.75. The first-order valence-electron chi connectivity index (χ1n) is 8.50. The normalized spacial score (nSPS) is 28.0. The van der Waals surface area contributed by atoms with Gasteiger partial charge in [0, 0.05) is 12.6 Å². The van der Waals surface area contributed by atoms with Crippen LogP contribution < -0.4 is 5.32 Å². The minimum Gasteiger partial charge on any atom is -0.394 e. The van der Waals surface area contributed by atoms with E-state index in [1.54, 1.807) is 0 Å². The predicted molar refractivity (Wildman–Crippen MR) is 86.6 cm³/mol. The lowest BCUT2D eigenvalue weighted by Gasteiger charge is -2.28. The van der Waals surface area contributed by atoms with Crippen LogP contribution >= 0.6 is 0 Å². The Morgan fingerprint density at radius 3 is 2.77 bits per heavy atom. The number of amides is 2. The van der Waals surface area contributed by atoms with Crippen LogP contribution in [0.3, 0.4) is 0 Å². The number of hydrogen-bond donors (Lipinski definition) is 2. The molecule has 1 aliphatic carbocycles. The summed E-state index contributed by atoms with van der Waals surface area (Å²) in [6, 6.07) is 10.8. The van der Waals surface area contributed by atoms with Crippen LogP contribution in [0.5, 0.6) is 0 Å². The Labute approximate surface area is 132 Å². The Morgan fingerprint density at radius 1 is 1.18 bits per heavy atom. The minimum atomic E-state index is 0.00831. The lowest BCUT2D eigenvalue weighted by atomic mass is 9.95. The molecule has 3 atom stereocenters. The van der Waals surface area contributed by atoms with E-state index in [-0.39, 0.29) is 24.7 Å². The average Bonchev–Trinajstić information content (AvgIpc) is 3.18. The van der Waals surface area contributed by atoms with E-state index in [1.165, 1.54) is 18.4 Å². The Morgan fingerprint density at radius 2 is 2.00 bits per heavy atom. The van der Waals surface area contributed by atoms with E-state index in [9.17, 15) is 9.90 Å². The number of urea groups is 1. The Balaban J connectivity index is 1.58. The molecule has 0 spiro atoms. The molecule has 2 N–H and O–H groups in total. The molecule has 4 heteroatoms. The fourth-order valence-electron chi connectivity index (χ4n) is 3.92. The number of rotatable bonds is 4. The fraction of sp³-hybridized carbons (Fsp3) is 0.611. The topological polar surface area (TPSA) is 52.6 Å². The number of likely N-dealkylation sites (tertiary alicyclic amines) is 1. The molecule has 2 fully saturated rings. The zero-order valence-electron chi connectivity index (χ0n) is 13.1. The number of hydrogen-bond acceptors (Lipinski definition) is 2. The Hall–Kier alpha value is -1.55.